The number of fused-ring (bicyclic) bond motifs is 1. The second-order valence-corrected chi connectivity index (χ2v) is 9.08. The van der Waals surface area contributed by atoms with Crippen molar-refractivity contribution in [2.24, 2.45) is 0 Å². The summed E-state index contributed by atoms with van der Waals surface area (Å²) in [6.07, 6.45) is 0.763. The topological polar surface area (TPSA) is 71.1 Å². The third-order valence-corrected chi connectivity index (χ3v) is 7.04. The van der Waals surface area contributed by atoms with Crippen molar-refractivity contribution in [2.75, 3.05) is 27.4 Å². The SMILES string of the molecule is COc1cc2c(cc1OC)C(c1ccccc1)N(CN1C(=O)NC(C)(c3ccccc3)C1=O)CC2. The summed E-state index contributed by atoms with van der Waals surface area (Å²) in [6.45, 7) is 2.63. The largest absolute Gasteiger partial charge is 0.493 e. The van der Waals surface area contributed by atoms with Gasteiger partial charge in [-0.3, -0.25) is 9.69 Å². The Hall–Kier alpha value is -3.84. The summed E-state index contributed by atoms with van der Waals surface area (Å²) in [4.78, 5) is 30.1. The molecule has 2 aliphatic rings. The highest BCUT2D eigenvalue weighted by atomic mass is 16.5. The van der Waals surface area contributed by atoms with Gasteiger partial charge in [-0.25, -0.2) is 9.69 Å². The van der Waals surface area contributed by atoms with Crippen molar-refractivity contribution in [1.29, 1.82) is 0 Å². The van der Waals surface area contributed by atoms with E-state index in [1.54, 1.807) is 21.1 Å². The molecule has 1 saturated heterocycles. The Morgan fingerprint density at radius 2 is 1.57 bits per heavy atom. The molecule has 180 valence electrons. The van der Waals surface area contributed by atoms with Crippen LogP contribution in [0.2, 0.25) is 0 Å². The van der Waals surface area contributed by atoms with Crippen molar-refractivity contribution < 1.29 is 19.1 Å². The predicted molar refractivity (Wildman–Crippen MR) is 132 cm³/mol. The van der Waals surface area contributed by atoms with E-state index >= 15 is 0 Å². The third-order valence-electron chi connectivity index (χ3n) is 7.04. The van der Waals surface area contributed by atoms with Crippen LogP contribution in [0.1, 0.15) is 35.2 Å². The fraction of sp³-hybridized carbons (Fsp3) is 0.286. The van der Waals surface area contributed by atoms with Crippen LogP contribution in [0.4, 0.5) is 4.79 Å². The van der Waals surface area contributed by atoms with Gasteiger partial charge in [-0.2, -0.15) is 0 Å². The van der Waals surface area contributed by atoms with E-state index in [0.717, 1.165) is 23.1 Å². The van der Waals surface area contributed by atoms with Gasteiger partial charge >= 0.3 is 6.03 Å². The van der Waals surface area contributed by atoms with E-state index in [0.29, 0.717) is 18.0 Å². The summed E-state index contributed by atoms with van der Waals surface area (Å²) in [7, 11) is 3.26. The van der Waals surface area contributed by atoms with Crippen LogP contribution in [0.5, 0.6) is 11.5 Å². The number of nitrogens with one attached hydrogen (secondary N) is 1. The number of urea groups is 1. The van der Waals surface area contributed by atoms with Gasteiger partial charge in [0, 0.05) is 6.54 Å². The number of amides is 3. The minimum Gasteiger partial charge on any atom is -0.493 e. The van der Waals surface area contributed by atoms with Crippen LogP contribution in [0.25, 0.3) is 0 Å². The van der Waals surface area contributed by atoms with Gasteiger partial charge in [0.1, 0.15) is 5.54 Å². The van der Waals surface area contributed by atoms with E-state index < -0.39 is 5.54 Å². The third kappa shape index (κ3) is 3.91. The van der Waals surface area contributed by atoms with Crippen LogP contribution in [-0.4, -0.2) is 49.2 Å². The minimum absolute atomic E-state index is 0.149. The molecule has 35 heavy (non-hydrogen) atoms. The summed E-state index contributed by atoms with van der Waals surface area (Å²) in [5, 5.41) is 2.92. The van der Waals surface area contributed by atoms with Crippen molar-refractivity contribution >= 4 is 11.9 Å². The summed E-state index contributed by atoms with van der Waals surface area (Å²) >= 11 is 0. The molecule has 3 aromatic rings. The first-order valence-electron chi connectivity index (χ1n) is 11.7. The Morgan fingerprint density at radius 3 is 2.23 bits per heavy atom. The van der Waals surface area contributed by atoms with Crippen LogP contribution >= 0.6 is 0 Å². The van der Waals surface area contributed by atoms with Gasteiger partial charge in [0.05, 0.1) is 26.9 Å². The maximum Gasteiger partial charge on any atom is 0.326 e. The quantitative estimate of drug-likeness (QED) is 0.549. The number of benzene rings is 3. The molecule has 2 atom stereocenters. The summed E-state index contributed by atoms with van der Waals surface area (Å²) in [5.41, 5.74) is 3.00. The van der Waals surface area contributed by atoms with E-state index in [-0.39, 0.29) is 24.6 Å². The molecule has 2 aliphatic heterocycles. The molecule has 0 saturated carbocycles. The van der Waals surface area contributed by atoms with E-state index in [1.807, 2.05) is 60.7 Å². The second kappa shape index (κ2) is 9.07. The van der Waals surface area contributed by atoms with Crippen LogP contribution < -0.4 is 14.8 Å². The zero-order chi connectivity index (χ0) is 24.6. The van der Waals surface area contributed by atoms with Crippen molar-refractivity contribution in [3.8, 4) is 11.5 Å². The van der Waals surface area contributed by atoms with E-state index in [1.165, 1.54) is 10.5 Å². The van der Waals surface area contributed by atoms with Crippen LogP contribution in [-0.2, 0) is 16.8 Å². The normalized spacial score (nSPS) is 22.0. The number of ether oxygens (including phenoxy) is 2. The van der Waals surface area contributed by atoms with Gasteiger partial charge in [0.25, 0.3) is 5.91 Å². The van der Waals surface area contributed by atoms with Gasteiger partial charge in [-0.05, 0) is 47.7 Å². The molecule has 5 rings (SSSR count). The predicted octanol–water partition coefficient (Wildman–Crippen LogP) is 4.08. The van der Waals surface area contributed by atoms with E-state index in [4.69, 9.17) is 9.47 Å². The molecular formula is C28H29N3O4. The number of nitrogens with zero attached hydrogens (tertiary/aromatic N) is 2. The number of methoxy groups -OCH3 is 2. The van der Waals surface area contributed by atoms with E-state index in [9.17, 15) is 9.59 Å². The lowest BCUT2D eigenvalue weighted by molar-refractivity contribution is -0.132. The maximum absolute atomic E-state index is 13.6. The Balaban J connectivity index is 1.51. The van der Waals surface area contributed by atoms with Gasteiger partial charge in [0.15, 0.2) is 11.5 Å². The fourth-order valence-corrected chi connectivity index (χ4v) is 5.15. The molecule has 0 bridgehead atoms. The standard InChI is InChI=1S/C28H29N3O4/c1-28(21-12-8-5-9-13-21)26(32)31(27(33)29-28)18-30-15-14-20-16-23(34-2)24(35-3)17-22(20)25(30)19-10-6-4-7-11-19/h4-13,16-17,25H,14-15,18H2,1-3H3,(H,29,33). The van der Waals surface area contributed by atoms with Crippen LogP contribution in [0.3, 0.4) is 0 Å². The molecule has 7 nitrogen and oxygen atoms in total. The lowest BCUT2D eigenvalue weighted by atomic mass is 9.88. The number of hydrogen-bond donors (Lipinski definition) is 1. The van der Waals surface area contributed by atoms with Crippen molar-refractivity contribution in [3.63, 3.8) is 0 Å². The maximum atomic E-state index is 13.6. The molecule has 0 radical (unpaired) electrons. The average molecular weight is 472 g/mol. The molecule has 3 amide bonds. The second-order valence-electron chi connectivity index (χ2n) is 9.08. The van der Waals surface area contributed by atoms with Crippen molar-refractivity contribution in [2.45, 2.75) is 24.9 Å². The molecule has 7 heteroatoms. The number of carbonyl (C=O) groups is 2. The lowest BCUT2D eigenvalue weighted by Crippen LogP contribution is -2.47. The van der Waals surface area contributed by atoms with Gasteiger partial charge in [-0.1, -0.05) is 60.7 Å². The zero-order valence-corrected chi connectivity index (χ0v) is 20.2. The Morgan fingerprint density at radius 1 is 0.943 bits per heavy atom. The van der Waals surface area contributed by atoms with Gasteiger partial charge < -0.3 is 14.8 Å². The van der Waals surface area contributed by atoms with Crippen LogP contribution in [0.15, 0.2) is 72.8 Å². The molecule has 0 spiro atoms. The smallest absolute Gasteiger partial charge is 0.326 e. The van der Waals surface area contributed by atoms with Crippen molar-refractivity contribution in [3.05, 3.63) is 95.1 Å². The minimum atomic E-state index is -1.09. The zero-order valence-electron chi connectivity index (χ0n) is 20.2. The highest BCUT2D eigenvalue weighted by molar-refractivity contribution is 6.07. The Bertz CT molecular complexity index is 1250. The highest BCUT2D eigenvalue weighted by Gasteiger charge is 2.50. The number of rotatable bonds is 6. The average Bonchev–Trinajstić information content (AvgIpc) is 3.12. The molecular weight excluding hydrogens is 442 g/mol. The molecule has 3 aromatic carbocycles. The molecule has 1 N–H and O–H groups in total. The Labute approximate surface area is 205 Å². The summed E-state index contributed by atoms with van der Waals surface area (Å²) in [5.74, 6) is 1.10. The summed E-state index contributed by atoms with van der Waals surface area (Å²) < 4.78 is 11.1. The lowest BCUT2D eigenvalue weighted by Gasteiger charge is -2.39. The van der Waals surface area contributed by atoms with Crippen molar-refractivity contribution in [1.82, 2.24) is 15.1 Å². The first kappa shape index (κ1) is 22.9. The van der Waals surface area contributed by atoms with E-state index in [2.05, 4.69) is 22.3 Å². The van der Waals surface area contributed by atoms with Crippen LogP contribution in [0, 0.1) is 0 Å². The molecule has 2 heterocycles. The first-order chi connectivity index (χ1) is 17.0. The number of hydrogen-bond acceptors (Lipinski definition) is 5. The molecule has 0 aromatic heterocycles. The molecule has 0 aliphatic carbocycles. The number of imide groups is 1. The number of carbonyl (C=O) groups excluding carboxylic acids is 2. The summed E-state index contributed by atoms with van der Waals surface area (Å²) in [6, 6.07) is 23.0. The first-order valence-corrected chi connectivity index (χ1v) is 11.7. The molecule has 1 fully saturated rings. The molecule has 2 unspecified atom stereocenters. The van der Waals surface area contributed by atoms with Gasteiger partial charge in [0.2, 0.25) is 0 Å². The monoisotopic (exact) mass is 471 g/mol. The fourth-order valence-electron chi connectivity index (χ4n) is 5.15. The van der Waals surface area contributed by atoms with Gasteiger partial charge in [-0.15, -0.1) is 0 Å². The Kier molecular flexibility index (Phi) is 5.94. The highest BCUT2D eigenvalue weighted by Crippen LogP contribution is 2.41.